The van der Waals surface area contributed by atoms with Gasteiger partial charge in [0.25, 0.3) is 0 Å². The lowest BCUT2D eigenvalue weighted by molar-refractivity contribution is -0.126. The number of carboxylic acids is 1. The minimum Gasteiger partial charge on any atom is -0.476 e. The lowest BCUT2D eigenvalue weighted by atomic mass is 10.1. The third-order valence-electron chi connectivity index (χ3n) is 2.70. The molecule has 0 spiro atoms. The maximum atomic E-state index is 11.7. The van der Waals surface area contributed by atoms with Crippen molar-refractivity contribution in [2.45, 2.75) is 25.9 Å². The van der Waals surface area contributed by atoms with Gasteiger partial charge in [0.15, 0.2) is 5.69 Å². The molecule has 0 unspecified atom stereocenters. The summed E-state index contributed by atoms with van der Waals surface area (Å²) in [6.45, 7) is 4.45. The second-order valence-corrected chi connectivity index (χ2v) is 4.43. The number of carbonyl (C=O) groups excluding carboxylic acids is 1. The summed E-state index contributed by atoms with van der Waals surface area (Å²) in [6.07, 6.45) is 2.86. The van der Waals surface area contributed by atoms with E-state index in [2.05, 4.69) is 15.6 Å². The van der Waals surface area contributed by atoms with E-state index in [1.54, 1.807) is 25.5 Å². The number of nitrogens with one attached hydrogen (secondary N) is 2. The topological polar surface area (TPSA) is 96.3 Å². The van der Waals surface area contributed by atoms with Gasteiger partial charge in [-0.2, -0.15) is 0 Å². The molecule has 0 aliphatic heterocycles. The van der Waals surface area contributed by atoms with Crippen molar-refractivity contribution >= 4 is 11.9 Å². The molecule has 0 aromatic carbocycles. The van der Waals surface area contributed by atoms with Gasteiger partial charge in [-0.05, 0) is 20.9 Å². The number of amides is 1. The molecule has 1 heterocycles. The molecule has 0 radical (unpaired) electrons. The van der Waals surface area contributed by atoms with Crippen LogP contribution in [0.3, 0.4) is 0 Å². The standard InChI is InChI=1S/C11H18N4O3/c1-11(2,12-3)10(18)13-4-5-15-6-8(9(16)17)14-7-15/h6-7,12H,4-5H2,1-3H3,(H,13,18)(H,16,17). The lowest BCUT2D eigenvalue weighted by Crippen LogP contribution is -2.51. The van der Waals surface area contributed by atoms with Crippen LogP contribution in [0.2, 0.25) is 0 Å². The van der Waals surface area contributed by atoms with Gasteiger partial charge in [0, 0.05) is 19.3 Å². The van der Waals surface area contributed by atoms with Gasteiger partial charge < -0.3 is 20.3 Å². The molecular weight excluding hydrogens is 236 g/mol. The van der Waals surface area contributed by atoms with Gasteiger partial charge in [-0.3, -0.25) is 4.79 Å². The van der Waals surface area contributed by atoms with Crippen molar-refractivity contribution in [3.05, 3.63) is 18.2 Å². The highest BCUT2D eigenvalue weighted by molar-refractivity contribution is 5.85. The minimum atomic E-state index is -1.06. The van der Waals surface area contributed by atoms with E-state index in [1.165, 1.54) is 12.5 Å². The molecule has 0 atom stereocenters. The van der Waals surface area contributed by atoms with Gasteiger partial charge in [0.1, 0.15) is 0 Å². The quantitative estimate of drug-likeness (QED) is 0.647. The zero-order valence-corrected chi connectivity index (χ0v) is 10.7. The minimum absolute atomic E-state index is 0.00289. The summed E-state index contributed by atoms with van der Waals surface area (Å²) in [5, 5.41) is 14.4. The summed E-state index contributed by atoms with van der Waals surface area (Å²) in [4.78, 5) is 26.0. The third-order valence-corrected chi connectivity index (χ3v) is 2.70. The molecular formula is C11H18N4O3. The van der Waals surface area contributed by atoms with Crippen LogP contribution in [0, 0.1) is 0 Å². The number of aromatic nitrogens is 2. The molecule has 0 saturated carbocycles. The summed E-state index contributed by atoms with van der Waals surface area (Å²) in [5.41, 5.74) is -0.627. The molecule has 7 nitrogen and oxygen atoms in total. The zero-order valence-electron chi connectivity index (χ0n) is 10.7. The van der Waals surface area contributed by atoms with Crippen molar-refractivity contribution in [1.29, 1.82) is 0 Å². The Bertz CT molecular complexity index is 439. The summed E-state index contributed by atoms with van der Waals surface area (Å²) < 4.78 is 1.62. The number of hydrogen-bond donors (Lipinski definition) is 3. The van der Waals surface area contributed by atoms with Crippen LogP contribution in [0.25, 0.3) is 0 Å². The molecule has 0 saturated heterocycles. The van der Waals surface area contributed by atoms with Gasteiger partial charge in [-0.15, -0.1) is 0 Å². The molecule has 0 bridgehead atoms. The van der Waals surface area contributed by atoms with Crippen LogP contribution < -0.4 is 10.6 Å². The van der Waals surface area contributed by atoms with Crippen LogP contribution in [0.4, 0.5) is 0 Å². The van der Waals surface area contributed by atoms with Crippen molar-refractivity contribution in [3.63, 3.8) is 0 Å². The second kappa shape index (κ2) is 5.63. The summed E-state index contributed by atoms with van der Waals surface area (Å²) in [7, 11) is 1.72. The molecule has 7 heteroatoms. The first kappa shape index (κ1) is 14.2. The summed E-state index contributed by atoms with van der Waals surface area (Å²) in [6, 6.07) is 0. The van der Waals surface area contributed by atoms with Crippen LogP contribution in [0.15, 0.2) is 12.5 Å². The maximum absolute atomic E-state index is 11.7. The van der Waals surface area contributed by atoms with Gasteiger partial charge >= 0.3 is 5.97 Å². The second-order valence-electron chi connectivity index (χ2n) is 4.43. The van der Waals surface area contributed by atoms with E-state index in [1.807, 2.05) is 0 Å². The van der Waals surface area contributed by atoms with Crippen LogP contribution in [-0.4, -0.2) is 45.7 Å². The van der Waals surface area contributed by atoms with Crippen molar-refractivity contribution < 1.29 is 14.7 Å². The average molecular weight is 254 g/mol. The van der Waals surface area contributed by atoms with Gasteiger partial charge in [-0.1, -0.05) is 0 Å². The smallest absolute Gasteiger partial charge is 0.356 e. The van der Waals surface area contributed by atoms with Crippen LogP contribution in [0.5, 0.6) is 0 Å². The Labute approximate surface area is 105 Å². The Balaban J connectivity index is 2.42. The van der Waals surface area contributed by atoms with Crippen molar-refractivity contribution in [1.82, 2.24) is 20.2 Å². The number of likely N-dealkylation sites (N-methyl/N-ethyl adjacent to an activating group) is 1. The van der Waals surface area contributed by atoms with E-state index in [4.69, 9.17) is 5.11 Å². The Morgan fingerprint density at radius 2 is 2.17 bits per heavy atom. The Kier molecular flexibility index (Phi) is 4.43. The Hall–Kier alpha value is -1.89. The van der Waals surface area contributed by atoms with Crippen molar-refractivity contribution in [3.8, 4) is 0 Å². The highest BCUT2D eigenvalue weighted by atomic mass is 16.4. The molecule has 1 amide bonds. The first-order valence-corrected chi connectivity index (χ1v) is 5.59. The molecule has 1 rings (SSSR count). The first-order chi connectivity index (χ1) is 8.36. The molecule has 18 heavy (non-hydrogen) atoms. The van der Waals surface area contributed by atoms with E-state index in [0.717, 1.165) is 0 Å². The predicted molar refractivity (Wildman–Crippen MR) is 65.3 cm³/mol. The summed E-state index contributed by atoms with van der Waals surface area (Å²) >= 11 is 0. The number of rotatable bonds is 6. The highest BCUT2D eigenvalue weighted by Gasteiger charge is 2.24. The number of imidazole rings is 1. The van der Waals surface area contributed by atoms with Crippen molar-refractivity contribution in [2.24, 2.45) is 0 Å². The van der Waals surface area contributed by atoms with Gasteiger partial charge in [0.05, 0.1) is 11.9 Å². The van der Waals surface area contributed by atoms with Crippen molar-refractivity contribution in [2.75, 3.05) is 13.6 Å². The van der Waals surface area contributed by atoms with Crippen LogP contribution >= 0.6 is 0 Å². The van der Waals surface area contributed by atoms with E-state index < -0.39 is 11.5 Å². The Morgan fingerprint density at radius 1 is 1.50 bits per heavy atom. The molecule has 0 aliphatic carbocycles. The van der Waals surface area contributed by atoms with Gasteiger partial charge in [0.2, 0.25) is 5.91 Å². The van der Waals surface area contributed by atoms with E-state index in [0.29, 0.717) is 13.1 Å². The molecule has 0 aliphatic rings. The van der Waals surface area contributed by atoms with E-state index in [9.17, 15) is 9.59 Å². The largest absolute Gasteiger partial charge is 0.476 e. The van der Waals surface area contributed by atoms with E-state index >= 15 is 0 Å². The summed E-state index contributed by atoms with van der Waals surface area (Å²) in [5.74, 6) is -1.17. The average Bonchev–Trinajstić information content (AvgIpc) is 2.77. The zero-order chi connectivity index (χ0) is 13.8. The number of hydrogen-bond acceptors (Lipinski definition) is 4. The molecule has 1 aromatic rings. The number of nitrogens with zero attached hydrogens (tertiary/aromatic N) is 2. The molecule has 3 N–H and O–H groups in total. The monoisotopic (exact) mass is 254 g/mol. The molecule has 0 fully saturated rings. The van der Waals surface area contributed by atoms with Gasteiger partial charge in [-0.25, -0.2) is 9.78 Å². The normalized spacial score (nSPS) is 11.3. The first-order valence-electron chi connectivity index (χ1n) is 5.59. The Morgan fingerprint density at radius 3 is 2.67 bits per heavy atom. The fourth-order valence-electron chi connectivity index (χ4n) is 1.23. The third kappa shape index (κ3) is 3.56. The van der Waals surface area contributed by atoms with Crippen LogP contribution in [-0.2, 0) is 11.3 Å². The number of aromatic carboxylic acids is 1. The number of carbonyl (C=O) groups is 2. The lowest BCUT2D eigenvalue weighted by Gasteiger charge is -2.22. The molecule has 1 aromatic heterocycles. The fraction of sp³-hybridized carbons (Fsp3) is 0.545. The highest BCUT2D eigenvalue weighted by Crippen LogP contribution is 2.00. The maximum Gasteiger partial charge on any atom is 0.356 e. The molecule has 100 valence electrons. The number of carboxylic acid groups (broad SMARTS) is 1. The van der Waals surface area contributed by atoms with Crippen LogP contribution in [0.1, 0.15) is 24.3 Å². The van der Waals surface area contributed by atoms with E-state index in [-0.39, 0.29) is 11.6 Å². The predicted octanol–water partition coefficient (Wildman–Crippen LogP) is -0.304. The SMILES string of the molecule is CNC(C)(C)C(=O)NCCn1cnc(C(=O)O)c1. The fourth-order valence-corrected chi connectivity index (χ4v) is 1.23.